The SMILES string of the molecule is CCCCCCCCCCCCCCCCc1cccc(C)c1.[NaH]. The Balaban J connectivity index is 0.00000529. The van der Waals surface area contributed by atoms with Crippen LogP contribution in [0.1, 0.15) is 108 Å². The summed E-state index contributed by atoms with van der Waals surface area (Å²) in [5.41, 5.74) is 2.91. The molecule has 0 radical (unpaired) electrons. The molecule has 0 bridgehead atoms. The summed E-state index contributed by atoms with van der Waals surface area (Å²) < 4.78 is 0. The van der Waals surface area contributed by atoms with Gasteiger partial charge in [-0.25, -0.2) is 0 Å². The van der Waals surface area contributed by atoms with Gasteiger partial charge < -0.3 is 0 Å². The first kappa shape index (κ1) is 24.2. The van der Waals surface area contributed by atoms with Crippen molar-refractivity contribution in [3.63, 3.8) is 0 Å². The van der Waals surface area contributed by atoms with Gasteiger partial charge in [-0.15, -0.1) is 0 Å². The molecule has 0 aliphatic heterocycles. The number of aryl methyl sites for hydroxylation is 2. The Morgan fingerprint density at radius 3 is 1.54 bits per heavy atom. The van der Waals surface area contributed by atoms with E-state index in [1.807, 2.05) is 0 Å². The van der Waals surface area contributed by atoms with Crippen LogP contribution in [0, 0.1) is 6.92 Å². The third-order valence-corrected chi connectivity index (χ3v) is 4.90. The Morgan fingerprint density at radius 2 is 1.08 bits per heavy atom. The fourth-order valence-corrected chi connectivity index (χ4v) is 3.39. The van der Waals surface area contributed by atoms with Gasteiger partial charge in [0.2, 0.25) is 0 Å². The van der Waals surface area contributed by atoms with Crippen LogP contribution in [-0.2, 0) is 6.42 Å². The summed E-state index contributed by atoms with van der Waals surface area (Å²) in [5.74, 6) is 0. The quantitative estimate of drug-likeness (QED) is 0.231. The van der Waals surface area contributed by atoms with E-state index in [-0.39, 0.29) is 29.6 Å². The first-order chi connectivity index (χ1) is 11.3. The van der Waals surface area contributed by atoms with E-state index in [1.165, 1.54) is 107 Å². The fraction of sp³-hybridized carbons (Fsp3) is 0.739. The first-order valence-electron chi connectivity index (χ1n) is 10.4. The third-order valence-electron chi connectivity index (χ3n) is 4.90. The van der Waals surface area contributed by atoms with E-state index in [0.29, 0.717) is 0 Å². The zero-order valence-corrected chi connectivity index (χ0v) is 15.9. The molecule has 0 amide bonds. The molecular formula is C23H41Na. The molecule has 0 heterocycles. The van der Waals surface area contributed by atoms with Crippen molar-refractivity contribution < 1.29 is 0 Å². The van der Waals surface area contributed by atoms with Gasteiger partial charge >= 0.3 is 29.6 Å². The van der Waals surface area contributed by atoms with Crippen molar-refractivity contribution in [2.75, 3.05) is 0 Å². The predicted molar refractivity (Wildman–Crippen MR) is 112 cm³/mol. The second kappa shape index (κ2) is 18.0. The predicted octanol–water partition coefficient (Wildman–Crippen LogP) is 7.37. The normalized spacial score (nSPS) is 10.6. The average Bonchev–Trinajstić information content (AvgIpc) is 2.55. The summed E-state index contributed by atoms with van der Waals surface area (Å²) in [6, 6.07) is 8.99. The van der Waals surface area contributed by atoms with Crippen LogP contribution in [0.3, 0.4) is 0 Å². The Hall–Kier alpha value is 0.220. The van der Waals surface area contributed by atoms with E-state index in [1.54, 1.807) is 0 Å². The van der Waals surface area contributed by atoms with Crippen molar-refractivity contribution >= 4 is 29.6 Å². The van der Waals surface area contributed by atoms with Gasteiger partial charge in [0.25, 0.3) is 0 Å². The zero-order chi connectivity index (χ0) is 16.6. The molecule has 134 valence electrons. The average molecular weight is 341 g/mol. The standard InChI is InChI=1S/C23H40.Na.H/c1-3-4-5-6-7-8-9-10-11-12-13-14-15-16-19-23-20-17-18-22(2)21-23;;/h17-18,20-21H,3-16,19H2,1-2H3;;. The molecule has 0 saturated carbocycles. The summed E-state index contributed by atoms with van der Waals surface area (Å²) in [6.07, 6.45) is 21.4. The minimum absolute atomic E-state index is 0. The van der Waals surface area contributed by atoms with E-state index in [4.69, 9.17) is 0 Å². The van der Waals surface area contributed by atoms with Crippen LogP contribution in [0.5, 0.6) is 0 Å². The molecule has 0 saturated heterocycles. The molecule has 0 aliphatic rings. The molecule has 0 aromatic heterocycles. The van der Waals surface area contributed by atoms with Gasteiger partial charge in [-0.3, -0.25) is 0 Å². The van der Waals surface area contributed by atoms with Crippen molar-refractivity contribution in [3.05, 3.63) is 35.4 Å². The Labute approximate surface area is 174 Å². The fourth-order valence-electron chi connectivity index (χ4n) is 3.39. The summed E-state index contributed by atoms with van der Waals surface area (Å²) in [4.78, 5) is 0. The van der Waals surface area contributed by atoms with Crippen molar-refractivity contribution in [1.29, 1.82) is 0 Å². The maximum absolute atomic E-state index is 2.34. The number of benzene rings is 1. The van der Waals surface area contributed by atoms with E-state index in [9.17, 15) is 0 Å². The van der Waals surface area contributed by atoms with Gasteiger partial charge in [0.1, 0.15) is 0 Å². The molecule has 0 aliphatic carbocycles. The minimum atomic E-state index is 0. The van der Waals surface area contributed by atoms with Gasteiger partial charge in [-0.1, -0.05) is 120 Å². The van der Waals surface area contributed by atoms with Crippen molar-refractivity contribution in [1.82, 2.24) is 0 Å². The van der Waals surface area contributed by atoms with Crippen LogP contribution in [0.15, 0.2) is 24.3 Å². The molecule has 0 nitrogen and oxygen atoms in total. The summed E-state index contributed by atoms with van der Waals surface area (Å²) in [6.45, 7) is 4.48. The molecule has 0 N–H and O–H groups in total. The topological polar surface area (TPSA) is 0 Å². The van der Waals surface area contributed by atoms with Crippen molar-refractivity contribution in [2.45, 2.75) is 110 Å². The monoisotopic (exact) mass is 340 g/mol. The van der Waals surface area contributed by atoms with Gasteiger partial charge in [-0.2, -0.15) is 0 Å². The molecular weight excluding hydrogens is 299 g/mol. The molecule has 1 heteroatoms. The van der Waals surface area contributed by atoms with Crippen molar-refractivity contribution in [2.24, 2.45) is 0 Å². The van der Waals surface area contributed by atoms with Crippen LogP contribution in [0.2, 0.25) is 0 Å². The number of hydrogen-bond acceptors (Lipinski definition) is 0. The third kappa shape index (κ3) is 14.6. The van der Waals surface area contributed by atoms with Crippen LogP contribution in [0.25, 0.3) is 0 Å². The van der Waals surface area contributed by atoms with Crippen LogP contribution < -0.4 is 0 Å². The number of unbranched alkanes of at least 4 members (excludes halogenated alkanes) is 13. The van der Waals surface area contributed by atoms with Crippen LogP contribution in [-0.4, -0.2) is 29.6 Å². The van der Waals surface area contributed by atoms with Crippen LogP contribution >= 0.6 is 0 Å². The van der Waals surface area contributed by atoms with E-state index < -0.39 is 0 Å². The molecule has 0 fully saturated rings. The van der Waals surface area contributed by atoms with Gasteiger partial charge in [-0.05, 0) is 25.3 Å². The Bertz CT molecular complexity index is 372. The van der Waals surface area contributed by atoms with Gasteiger partial charge in [0.05, 0.1) is 0 Å². The molecule has 1 rings (SSSR count). The van der Waals surface area contributed by atoms with Gasteiger partial charge in [0.15, 0.2) is 0 Å². The Morgan fingerprint density at radius 1 is 0.625 bits per heavy atom. The molecule has 0 atom stereocenters. The van der Waals surface area contributed by atoms with Crippen molar-refractivity contribution in [3.8, 4) is 0 Å². The van der Waals surface area contributed by atoms with Crippen LogP contribution in [0.4, 0.5) is 0 Å². The molecule has 0 spiro atoms. The van der Waals surface area contributed by atoms with Gasteiger partial charge in [0, 0.05) is 0 Å². The zero-order valence-electron chi connectivity index (χ0n) is 15.9. The second-order valence-corrected chi connectivity index (χ2v) is 7.34. The number of hydrogen-bond donors (Lipinski definition) is 0. The second-order valence-electron chi connectivity index (χ2n) is 7.34. The maximum atomic E-state index is 2.34. The van der Waals surface area contributed by atoms with E-state index in [0.717, 1.165) is 0 Å². The first-order valence-corrected chi connectivity index (χ1v) is 10.4. The molecule has 24 heavy (non-hydrogen) atoms. The van der Waals surface area contributed by atoms with E-state index >= 15 is 0 Å². The molecule has 0 unspecified atom stereocenters. The Kier molecular flexibility index (Phi) is 18.2. The van der Waals surface area contributed by atoms with E-state index in [2.05, 4.69) is 38.1 Å². The molecule has 1 aromatic carbocycles. The number of rotatable bonds is 15. The summed E-state index contributed by atoms with van der Waals surface area (Å²) in [5, 5.41) is 0. The molecule has 1 aromatic rings. The summed E-state index contributed by atoms with van der Waals surface area (Å²) in [7, 11) is 0. The summed E-state index contributed by atoms with van der Waals surface area (Å²) >= 11 is 0.